The van der Waals surface area contributed by atoms with Gasteiger partial charge in [0.25, 0.3) is 0 Å². The molecule has 0 radical (unpaired) electrons. The number of alkyl halides is 1. The summed E-state index contributed by atoms with van der Waals surface area (Å²) < 4.78 is 5.16. The van der Waals surface area contributed by atoms with Crippen LogP contribution in [0.2, 0.25) is 0 Å². The van der Waals surface area contributed by atoms with Crippen LogP contribution in [-0.4, -0.2) is 18.3 Å². The molecule has 1 rings (SSSR count). The molecule has 0 heterocycles. The maximum atomic E-state index is 8.48. The Morgan fingerprint density at radius 2 is 1.92 bits per heavy atom. The molecule has 0 atom stereocenters. The Morgan fingerprint density at radius 3 is 2.42 bits per heavy atom. The number of halogens is 1. The third kappa shape index (κ3) is 2.72. The lowest BCUT2D eigenvalue weighted by molar-refractivity contribution is 0.201. The highest BCUT2D eigenvalue weighted by Crippen LogP contribution is 2.12. The average Bonchev–Trinajstić information content (AvgIpc) is 2.15. The van der Waals surface area contributed by atoms with Gasteiger partial charge in [0.15, 0.2) is 0 Å². The number of rotatable bonds is 4. The van der Waals surface area contributed by atoms with E-state index in [-0.39, 0.29) is 6.61 Å². The van der Waals surface area contributed by atoms with Gasteiger partial charge in [-0.05, 0) is 17.7 Å². The van der Waals surface area contributed by atoms with Crippen molar-refractivity contribution in [3.8, 4) is 5.75 Å². The Balaban J connectivity index is 2.53. The van der Waals surface area contributed by atoms with Crippen molar-refractivity contribution in [1.82, 2.24) is 0 Å². The molecular formula is C9H11ClO2. The van der Waals surface area contributed by atoms with Crippen LogP contribution in [0.5, 0.6) is 5.75 Å². The molecule has 0 saturated carbocycles. The molecule has 0 aliphatic carbocycles. The topological polar surface area (TPSA) is 29.5 Å². The van der Waals surface area contributed by atoms with E-state index in [2.05, 4.69) is 0 Å². The van der Waals surface area contributed by atoms with Crippen LogP contribution >= 0.6 is 11.6 Å². The molecular weight excluding hydrogens is 176 g/mol. The first-order chi connectivity index (χ1) is 5.86. The largest absolute Gasteiger partial charge is 0.491 e. The van der Waals surface area contributed by atoms with Gasteiger partial charge in [-0.1, -0.05) is 12.1 Å². The van der Waals surface area contributed by atoms with Gasteiger partial charge in [0.2, 0.25) is 0 Å². The summed E-state index contributed by atoms with van der Waals surface area (Å²) in [5.74, 6) is 1.28. The van der Waals surface area contributed by atoms with Crippen molar-refractivity contribution in [2.24, 2.45) is 0 Å². The summed E-state index contributed by atoms with van der Waals surface area (Å²) in [5, 5.41) is 8.48. The molecule has 66 valence electrons. The van der Waals surface area contributed by atoms with Crippen molar-refractivity contribution in [3.63, 3.8) is 0 Å². The van der Waals surface area contributed by atoms with Crippen LogP contribution in [0.15, 0.2) is 24.3 Å². The second kappa shape index (κ2) is 5.01. The Morgan fingerprint density at radius 1 is 1.25 bits per heavy atom. The van der Waals surface area contributed by atoms with Crippen molar-refractivity contribution < 1.29 is 9.84 Å². The smallest absolute Gasteiger partial charge is 0.119 e. The lowest BCUT2D eigenvalue weighted by atomic mass is 10.2. The molecule has 0 bridgehead atoms. The fourth-order valence-electron chi connectivity index (χ4n) is 0.838. The van der Waals surface area contributed by atoms with Crippen LogP contribution < -0.4 is 4.74 Å². The number of hydrogen-bond donors (Lipinski definition) is 1. The van der Waals surface area contributed by atoms with Crippen molar-refractivity contribution >= 4 is 11.6 Å². The molecule has 0 aromatic heterocycles. The monoisotopic (exact) mass is 186 g/mol. The third-order valence-corrected chi connectivity index (χ3v) is 1.75. The van der Waals surface area contributed by atoms with Crippen LogP contribution in [-0.2, 0) is 5.88 Å². The summed E-state index contributed by atoms with van der Waals surface area (Å²) >= 11 is 5.60. The van der Waals surface area contributed by atoms with Crippen molar-refractivity contribution in [3.05, 3.63) is 29.8 Å². The maximum Gasteiger partial charge on any atom is 0.119 e. The predicted octanol–water partition coefficient (Wildman–Crippen LogP) is 1.80. The van der Waals surface area contributed by atoms with Gasteiger partial charge < -0.3 is 9.84 Å². The summed E-state index contributed by atoms with van der Waals surface area (Å²) in [6.07, 6.45) is 0. The van der Waals surface area contributed by atoms with Crippen LogP contribution in [0.25, 0.3) is 0 Å². The Kier molecular flexibility index (Phi) is 3.91. The third-order valence-electron chi connectivity index (χ3n) is 1.44. The van der Waals surface area contributed by atoms with Gasteiger partial charge >= 0.3 is 0 Å². The maximum absolute atomic E-state index is 8.48. The Labute approximate surface area is 76.7 Å². The van der Waals surface area contributed by atoms with Crippen LogP contribution in [0, 0.1) is 0 Å². The van der Waals surface area contributed by atoms with E-state index in [1.54, 1.807) is 0 Å². The molecule has 1 aromatic rings. The van der Waals surface area contributed by atoms with E-state index in [0.29, 0.717) is 12.5 Å². The van der Waals surface area contributed by atoms with Gasteiger partial charge in [0.1, 0.15) is 12.4 Å². The molecule has 3 heteroatoms. The molecule has 0 aliphatic rings. The van der Waals surface area contributed by atoms with Gasteiger partial charge in [-0.25, -0.2) is 0 Å². The molecule has 1 N–H and O–H groups in total. The van der Waals surface area contributed by atoms with E-state index in [1.807, 2.05) is 24.3 Å². The standard InChI is InChI=1S/C9H11ClO2/c10-7-8-1-3-9(4-2-8)12-6-5-11/h1-4,11H,5-7H2. The molecule has 0 spiro atoms. The quantitative estimate of drug-likeness (QED) is 0.727. The molecule has 1 aromatic carbocycles. The first-order valence-electron chi connectivity index (χ1n) is 3.75. The van der Waals surface area contributed by atoms with Gasteiger partial charge in [0.05, 0.1) is 6.61 Å². The first kappa shape index (κ1) is 9.36. The van der Waals surface area contributed by atoms with E-state index in [1.165, 1.54) is 0 Å². The summed E-state index contributed by atoms with van der Waals surface area (Å²) in [6, 6.07) is 7.49. The Bertz CT molecular complexity index is 220. The molecule has 0 amide bonds. The normalized spacial score (nSPS) is 9.83. The van der Waals surface area contributed by atoms with Crippen molar-refractivity contribution in [1.29, 1.82) is 0 Å². The van der Waals surface area contributed by atoms with Gasteiger partial charge in [-0.15, -0.1) is 11.6 Å². The lowest BCUT2D eigenvalue weighted by Crippen LogP contribution is -2.01. The molecule has 0 saturated heterocycles. The second-order valence-corrected chi connectivity index (χ2v) is 2.62. The number of aliphatic hydroxyl groups is 1. The van der Waals surface area contributed by atoms with Crippen LogP contribution in [0.3, 0.4) is 0 Å². The lowest BCUT2D eigenvalue weighted by Gasteiger charge is -2.03. The summed E-state index contributed by atoms with van der Waals surface area (Å²) in [6.45, 7) is 0.372. The zero-order chi connectivity index (χ0) is 8.81. The SMILES string of the molecule is OCCOc1ccc(CCl)cc1. The zero-order valence-electron chi connectivity index (χ0n) is 6.66. The van der Waals surface area contributed by atoms with Gasteiger partial charge in [-0.2, -0.15) is 0 Å². The fraction of sp³-hybridized carbons (Fsp3) is 0.333. The van der Waals surface area contributed by atoms with E-state index >= 15 is 0 Å². The van der Waals surface area contributed by atoms with E-state index in [9.17, 15) is 0 Å². The highest BCUT2D eigenvalue weighted by atomic mass is 35.5. The minimum absolute atomic E-state index is 0.0389. The van der Waals surface area contributed by atoms with Gasteiger partial charge in [-0.3, -0.25) is 0 Å². The minimum atomic E-state index is 0.0389. The Hall–Kier alpha value is -0.730. The van der Waals surface area contributed by atoms with Crippen molar-refractivity contribution in [2.75, 3.05) is 13.2 Å². The summed E-state index contributed by atoms with van der Waals surface area (Å²) in [5.41, 5.74) is 1.06. The molecule has 0 fully saturated rings. The van der Waals surface area contributed by atoms with E-state index in [0.717, 1.165) is 11.3 Å². The van der Waals surface area contributed by atoms with Crippen molar-refractivity contribution in [2.45, 2.75) is 5.88 Å². The molecule has 2 nitrogen and oxygen atoms in total. The molecule has 12 heavy (non-hydrogen) atoms. The second-order valence-electron chi connectivity index (χ2n) is 2.35. The fourth-order valence-corrected chi connectivity index (χ4v) is 1.02. The molecule has 0 aliphatic heterocycles. The van der Waals surface area contributed by atoms with Gasteiger partial charge in [0, 0.05) is 5.88 Å². The first-order valence-corrected chi connectivity index (χ1v) is 4.29. The number of hydrogen-bond acceptors (Lipinski definition) is 2. The van der Waals surface area contributed by atoms with Crippen LogP contribution in [0.1, 0.15) is 5.56 Å². The summed E-state index contributed by atoms with van der Waals surface area (Å²) in [4.78, 5) is 0. The number of benzene rings is 1. The minimum Gasteiger partial charge on any atom is -0.491 e. The van der Waals surface area contributed by atoms with E-state index in [4.69, 9.17) is 21.4 Å². The molecule has 0 unspecified atom stereocenters. The van der Waals surface area contributed by atoms with Crippen LogP contribution in [0.4, 0.5) is 0 Å². The number of ether oxygens (including phenoxy) is 1. The van der Waals surface area contributed by atoms with E-state index < -0.39 is 0 Å². The highest BCUT2D eigenvalue weighted by Gasteiger charge is 1.92. The highest BCUT2D eigenvalue weighted by molar-refractivity contribution is 6.17. The summed E-state index contributed by atoms with van der Waals surface area (Å²) in [7, 11) is 0. The zero-order valence-corrected chi connectivity index (χ0v) is 7.42. The average molecular weight is 187 g/mol. The predicted molar refractivity (Wildman–Crippen MR) is 48.6 cm³/mol. The number of aliphatic hydroxyl groups excluding tert-OH is 1.